The normalized spacial score (nSPS) is 26.7. The van der Waals surface area contributed by atoms with Gasteiger partial charge in [-0.05, 0) is 45.4 Å². The number of hydrogen-bond acceptors (Lipinski definition) is 4. The van der Waals surface area contributed by atoms with Crippen LogP contribution in [0.1, 0.15) is 67.0 Å². The standard InChI is InChI=1S/C21H28N6O2/c1-13-12-26(20(28)14-4-2-6-18-16(14)10-22-24-18)8-9-27(13)21(29)15-5-3-7-19-17(15)11-23-25-19/h10-11,13-15H,2-9,12H2,1H3,(H,22,24)(H,23,25). The first-order valence-corrected chi connectivity index (χ1v) is 10.8. The lowest BCUT2D eigenvalue weighted by molar-refractivity contribution is -0.144. The van der Waals surface area contributed by atoms with Crippen molar-refractivity contribution in [2.45, 2.75) is 63.3 Å². The lowest BCUT2D eigenvalue weighted by atomic mass is 9.85. The van der Waals surface area contributed by atoms with Crippen molar-refractivity contribution in [1.82, 2.24) is 30.2 Å². The summed E-state index contributed by atoms with van der Waals surface area (Å²) in [4.78, 5) is 30.5. The Morgan fingerprint density at radius 2 is 1.52 bits per heavy atom. The van der Waals surface area contributed by atoms with Crippen molar-refractivity contribution in [3.05, 3.63) is 34.9 Å². The van der Waals surface area contributed by atoms with E-state index in [1.807, 2.05) is 22.2 Å². The smallest absolute Gasteiger partial charge is 0.230 e. The summed E-state index contributed by atoms with van der Waals surface area (Å²) >= 11 is 0. The van der Waals surface area contributed by atoms with E-state index in [4.69, 9.17) is 0 Å². The highest BCUT2D eigenvalue weighted by Gasteiger charge is 2.38. The van der Waals surface area contributed by atoms with Gasteiger partial charge < -0.3 is 9.80 Å². The van der Waals surface area contributed by atoms with Gasteiger partial charge >= 0.3 is 0 Å². The average molecular weight is 396 g/mol. The maximum atomic E-state index is 13.3. The zero-order valence-electron chi connectivity index (χ0n) is 16.9. The molecule has 2 aliphatic carbocycles. The molecule has 0 radical (unpaired) electrons. The van der Waals surface area contributed by atoms with Gasteiger partial charge in [0.1, 0.15) is 0 Å². The summed E-state index contributed by atoms with van der Waals surface area (Å²) in [7, 11) is 0. The summed E-state index contributed by atoms with van der Waals surface area (Å²) < 4.78 is 0. The molecule has 8 heteroatoms. The van der Waals surface area contributed by atoms with Crippen LogP contribution in [0, 0.1) is 0 Å². The van der Waals surface area contributed by atoms with E-state index in [1.165, 1.54) is 0 Å². The highest BCUT2D eigenvalue weighted by atomic mass is 16.2. The van der Waals surface area contributed by atoms with Gasteiger partial charge in [-0.15, -0.1) is 0 Å². The van der Waals surface area contributed by atoms with E-state index in [2.05, 4.69) is 27.3 Å². The molecule has 0 aromatic carbocycles. The Hall–Kier alpha value is -2.64. The molecule has 0 bridgehead atoms. The molecule has 2 aromatic heterocycles. The van der Waals surface area contributed by atoms with Gasteiger partial charge in [-0.25, -0.2) is 0 Å². The maximum absolute atomic E-state index is 13.3. The van der Waals surface area contributed by atoms with E-state index < -0.39 is 0 Å². The zero-order valence-corrected chi connectivity index (χ0v) is 16.9. The minimum absolute atomic E-state index is 0.0184. The van der Waals surface area contributed by atoms with Crippen LogP contribution in [0.15, 0.2) is 12.4 Å². The molecule has 2 amide bonds. The van der Waals surface area contributed by atoms with Gasteiger partial charge in [-0.3, -0.25) is 19.8 Å². The first-order chi connectivity index (χ1) is 14.1. The molecule has 3 unspecified atom stereocenters. The number of aromatic nitrogens is 4. The minimum Gasteiger partial charge on any atom is -0.338 e. The molecule has 2 aromatic rings. The molecule has 29 heavy (non-hydrogen) atoms. The molecular weight excluding hydrogens is 368 g/mol. The van der Waals surface area contributed by atoms with E-state index in [1.54, 1.807) is 0 Å². The van der Waals surface area contributed by atoms with Crippen LogP contribution in [0.3, 0.4) is 0 Å². The number of H-pyrrole nitrogens is 2. The fraction of sp³-hybridized carbons (Fsp3) is 0.619. The molecule has 3 atom stereocenters. The number of rotatable bonds is 2. The van der Waals surface area contributed by atoms with E-state index in [0.717, 1.165) is 61.0 Å². The lowest BCUT2D eigenvalue weighted by Crippen LogP contribution is -2.57. The van der Waals surface area contributed by atoms with Crippen molar-refractivity contribution in [3.63, 3.8) is 0 Å². The number of hydrogen-bond donors (Lipinski definition) is 2. The third-order valence-corrected chi connectivity index (χ3v) is 6.91. The molecule has 5 rings (SSSR count). The third kappa shape index (κ3) is 3.14. The summed E-state index contributed by atoms with van der Waals surface area (Å²) in [6.07, 6.45) is 9.33. The molecule has 1 saturated heterocycles. The van der Waals surface area contributed by atoms with Crippen LogP contribution in [-0.2, 0) is 22.4 Å². The van der Waals surface area contributed by atoms with E-state index in [-0.39, 0.29) is 29.7 Å². The van der Waals surface area contributed by atoms with Gasteiger partial charge in [0.05, 0.1) is 24.2 Å². The number of fused-ring (bicyclic) bond motifs is 2. The Kier molecular flexibility index (Phi) is 4.64. The number of nitrogens with one attached hydrogen (secondary N) is 2. The van der Waals surface area contributed by atoms with E-state index >= 15 is 0 Å². The van der Waals surface area contributed by atoms with Crippen molar-refractivity contribution in [2.24, 2.45) is 0 Å². The van der Waals surface area contributed by atoms with Crippen LogP contribution in [0.4, 0.5) is 0 Å². The molecule has 154 valence electrons. The summed E-state index contributed by atoms with van der Waals surface area (Å²) in [5.41, 5.74) is 4.32. The molecule has 8 nitrogen and oxygen atoms in total. The molecular formula is C21H28N6O2. The molecule has 0 saturated carbocycles. The number of aromatic amines is 2. The first-order valence-electron chi connectivity index (χ1n) is 10.8. The number of piperazine rings is 1. The monoisotopic (exact) mass is 396 g/mol. The molecule has 2 N–H and O–H groups in total. The fourth-order valence-electron chi connectivity index (χ4n) is 5.34. The second kappa shape index (κ2) is 7.31. The summed E-state index contributed by atoms with van der Waals surface area (Å²) in [6.45, 7) is 3.85. The quantitative estimate of drug-likeness (QED) is 0.808. The lowest BCUT2D eigenvalue weighted by Gasteiger charge is -2.42. The van der Waals surface area contributed by atoms with Crippen LogP contribution in [0.2, 0.25) is 0 Å². The Morgan fingerprint density at radius 1 is 0.931 bits per heavy atom. The Labute approximate surface area is 170 Å². The zero-order chi connectivity index (χ0) is 20.0. The molecule has 1 aliphatic heterocycles. The topological polar surface area (TPSA) is 98.0 Å². The van der Waals surface area contributed by atoms with Crippen LogP contribution < -0.4 is 0 Å². The van der Waals surface area contributed by atoms with Crippen LogP contribution in [-0.4, -0.2) is 67.7 Å². The first kappa shape index (κ1) is 18.4. The minimum atomic E-state index is -0.103. The Morgan fingerprint density at radius 3 is 2.10 bits per heavy atom. The Balaban J connectivity index is 1.27. The average Bonchev–Trinajstić information content (AvgIpc) is 3.41. The second-order valence-corrected chi connectivity index (χ2v) is 8.66. The Bertz CT molecular complexity index is 918. The molecule has 3 heterocycles. The van der Waals surface area contributed by atoms with Crippen LogP contribution in [0.5, 0.6) is 0 Å². The molecule has 1 fully saturated rings. The van der Waals surface area contributed by atoms with E-state index in [0.29, 0.717) is 19.6 Å². The predicted octanol–water partition coefficient (Wildman–Crippen LogP) is 1.73. The highest BCUT2D eigenvalue weighted by Crippen LogP contribution is 2.34. The van der Waals surface area contributed by atoms with Crippen molar-refractivity contribution < 1.29 is 9.59 Å². The highest BCUT2D eigenvalue weighted by molar-refractivity contribution is 5.86. The van der Waals surface area contributed by atoms with E-state index in [9.17, 15) is 9.59 Å². The fourth-order valence-corrected chi connectivity index (χ4v) is 5.34. The second-order valence-electron chi connectivity index (χ2n) is 8.66. The van der Waals surface area contributed by atoms with Gasteiger partial charge in [-0.1, -0.05) is 0 Å². The summed E-state index contributed by atoms with van der Waals surface area (Å²) in [6, 6.07) is 0.0184. The van der Waals surface area contributed by atoms with Crippen LogP contribution in [0.25, 0.3) is 0 Å². The third-order valence-electron chi connectivity index (χ3n) is 6.91. The van der Waals surface area contributed by atoms with Crippen molar-refractivity contribution in [3.8, 4) is 0 Å². The summed E-state index contributed by atoms with van der Waals surface area (Å²) in [5.74, 6) is 0.163. The van der Waals surface area contributed by atoms with Gasteiger partial charge in [0.25, 0.3) is 0 Å². The van der Waals surface area contributed by atoms with Crippen molar-refractivity contribution in [2.75, 3.05) is 19.6 Å². The van der Waals surface area contributed by atoms with Gasteiger partial charge in [0.15, 0.2) is 0 Å². The van der Waals surface area contributed by atoms with Gasteiger partial charge in [0.2, 0.25) is 11.8 Å². The maximum Gasteiger partial charge on any atom is 0.230 e. The molecule has 3 aliphatic rings. The van der Waals surface area contributed by atoms with Gasteiger partial charge in [-0.2, -0.15) is 10.2 Å². The molecule has 0 spiro atoms. The number of carbonyl (C=O) groups is 2. The predicted molar refractivity (Wildman–Crippen MR) is 106 cm³/mol. The number of carbonyl (C=O) groups excluding carboxylic acids is 2. The van der Waals surface area contributed by atoms with Crippen molar-refractivity contribution in [1.29, 1.82) is 0 Å². The van der Waals surface area contributed by atoms with Crippen molar-refractivity contribution >= 4 is 11.8 Å². The largest absolute Gasteiger partial charge is 0.338 e. The SMILES string of the molecule is CC1CN(C(=O)C2CCCc3[nH]ncc32)CCN1C(=O)C1CCCc2[nH]ncc21. The van der Waals surface area contributed by atoms with Gasteiger partial charge in [0, 0.05) is 48.2 Å². The number of aryl methyl sites for hydroxylation is 2. The number of nitrogens with zero attached hydrogens (tertiary/aromatic N) is 4. The summed E-state index contributed by atoms with van der Waals surface area (Å²) in [5, 5.41) is 14.4. The number of amides is 2. The van der Waals surface area contributed by atoms with Crippen LogP contribution >= 0.6 is 0 Å².